The SMILES string of the molecule is Cc1ccc2c(CC(=O)Nc3cccc(-n4cnnn4)c3)coc2c1. The van der Waals surface area contributed by atoms with Crippen LogP contribution in [0.5, 0.6) is 0 Å². The lowest BCUT2D eigenvalue weighted by Crippen LogP contribution is -2.14. The number of amides is 1. The van der Waals surface area contributed by atoms with Crippen LogP contribution in [0.3, 0.4) is 0 Å². The molecule has 2 aromatic carbocycles. The molecule has 7 heteroatoms. The molecule has 2 heterocycles. The molecule has 0 unspecified atom stereocenters. The first kappa shape index (κ1) is 15.1. The summed E-state index contributed by atoms with van der Waals surface area (Å²) < 4.78 is 7.07. The van der Waals surface area contributed by atoms with Crippen LogP contribution in [0.4, 0.5) is 5.69 Å². The van der Waals surface area contributed by atoms with E-state index in [1.165, 1.54) is 11.0 Å². The first-order valence-corrected chi connectivity index (χ1v) is 7.79. The average molecular weight is 333 g/mol. The lowest BCUT2D eigenvalue weighted by Gasteiger charge is -2.06. The fourth-order valence-corrected chi connectivity index (χ4v) is 2.71. The fraction of sp³-hybridized carbons (Fsp3) is 0.111. The predicted molar refractivity (Wildman–Crippen MR) is 92.4 cm³/mol. The third-order valence-corrected chi connectivity index (χ3v) is 3.91. The Hall–Kier alpha value is -3.48. The van der Waals surface area contributed by atoms with Crippen LogP contribution in [0.2, 0.25) is 0 Å². The third-order valence-electron chi connectivity index (χ3n) is 3.91. The number of hydrogen-bond donors (Lipinski definition) is 1. The molecule has 4 aromatic rings. The summed E-state index contributed by atoms with van der Waals surface area (Å²) >= 11 is 0. The van der Waals surface area contributed by atoms with Crippen molar-refractivity contribution in [1.82, 2.24) is 20.2 Å². The largest absolute Gasteiger partial charge is 0.464 e. The zero-order valence-electron chi connectivity index (χ0n) is 13.5. The lowest BCUT2D eigenvalue weighted by molar-refractivity contribution is -0.115. The van der Waals surface area contributed by atoms with Gasteiger partial charge < -0.3 is 9.73 Å². The number of fused-ring (bicyclic) bond motifs is 1. The van der Waals surface area contributed by atoms with Gasteiger partial charge in [0.15, 0.2) is 0 Å². The number of hydrogen-bond acceptors (Lipinski definition) is 5. The molecular formula is C18H15N5O2. The molecule has 1 amide bonds. The molecule has 124 valence electrons. The quantitative estimate of drug-likeness (QED) is 0.620. The number of furan rings is 1. The minimum atomic E-state index is -0.114. The molecule has 0 atom stereocenters. The van der Waals surface area contributed by atoms with E-state index >= 15 is 0 Å². The van der Waals surface area contributed by atoms with Crippen molar-refractivity contribution in [3.05, 3.63) is 66.2 Å². The van der Waals surface area contributed by atoms with Crippen LogP contribution in [-0.2, 0) is 11.2 Å². The monoisotopic (exact) mass is 333 g/mol. The van der Waals surface area contributed by atoms with E-state index in [1.54, 1.807) is 6.26 Å². The Morgan fingerprint density at radius 2 is 2.16 bits per heavy atom. The van der Waals surface area contributed by atoms with E-state index in [1.807, 2.05) is 49.4 Å². The first-order chi connectivity index (χ1) is 12.2. The number of nitrogens with zero attached hydrogens (tertiary/aromatic N) is 4. The van der Waals surface area contributed by atoms with Crippen molar-refractivity contribution < 1.29 is 9.21 Å². The van der Waals surface area contributed by atoms with Gasteiger partial charge in [-0.15, -0.1) is 5.10 Å². The summed E-state index contributed by atoms with van der Waals surface area (Å²) in [7, 11) is 0. The van der Waals surface area contributed by atoms with Crippen molar-refractivity contribution in [3.8, 4) is 5.69 Å². The molecule has 0 spiro atoms. The van der Waals surface area contributed by atoms with Crippen LogP contribution in [0.15, 0.2) is 59.5 Å². The van der Waals surface area contributed by atoms with Crippen LogP contribution in [-0.4, -0.2) is 26.1 Å². The zero-order valence-corrected chi connectivity index (χ0v) is 13.5. The molecule has 0 aliphatic carbocycles. The minimum Gasteiger partial charge on any atom is -0.464 e. The molecule has 4 rings (SSSR count). The lowest BCUT2D eigenvalue weighted by atomic mass is 10.1. The van der Waals surface area contributed by atoms with Crippen molar-refractivity contribution in [2.75, 3.05) is 5.32 Å². The number of benzene rings is 2. The number of aromatic nitrogens is 4. The summed E-state index contributed by atoms with van der Waals surface area (Å²) in [5.41, 5.74) is 4.23. The summed E-state index contributed by atoms with van der Waals surface area (Å²) in [5, 5.41) is 14.9. The highest BCUT2D eigenvalue weighted by Crippen LogP contribution is 2.23. The van der Waals surface area contributed by atoms with Crippen LogP contribution in [0.25, 0.3) is 16.7 Å². The smallest absolute Gasteiger partial charge is 0.228 e. The fourth-order valence-electron chi connectivity index (χ4n) is 2.71. The van der Waals surface area contributed by atoms with Gasteiger partial charge in [0, 0.05) is 16.6 Å². The second-order valence-electron chi connectivity index (χ2n) is 5.79. The Kier molecular flexibility index (Phi) is 3.74. The molecule has 0 aliphatic rings. The number of carbonyl (C=O) groups excluding carboxylic acids is 1. The second-order valence-corrected chi connectivity index (χ2v) is 5.79. The molecule has 25 heavy (non-hydrogen) atoms. The van der Waals surface area contributed by atoms with Gasteiger partial charge in [-0.3, -0.25) is 4.79 Å². The van der Waals surface area contributed by atoms with Gasteiger partial charge in [0.05, 0.1) is 18.4 Å². The Labute approximate surface area is 143 Å². The Morgan fingerprint density at radius 3 is 3.00 bits per heavy atom. The van der Waals surface area contributed by atoms with Gasteiger partial charge >= 0.3 is 0 Å². The Morgan fingerprint density at radius 1 is 1.24 bits per heavy atom. The second kappa shape index (κ2) is 6.20. The number of aryl methyl sites for hydroxylation is 1. The predicted octanol–water partition coefficient (Wildman–Crippen LogP) is 2.90. The molecule has 0 aliphatic heterocycles. The van der Waals surface area contributed by atoms with E-state index in [0.29, 0.717) is 5.69 Å². The van der Waals surface area contributed by atoms with Crippen molar-refractivity contribution in [2.24, 2.45) is 0 Å². The molecule has 0 bridgehead atoms. The maximum absolute atomic E-state index is 12.4. The molecule has 2 aromatic heterocycles. The molecule has 0 fully saturated rings. The van der Waals surface area contributed by atoms with Crippen molar-refractivity contribution in [2.45, 2.75) is 13.3 Å². The van der Waals surface area contributed by atoms with E-state index in [4.69, 9.17) is 4.42 Å². The highest BCUT2D eigenvalue weighted by atomic mass is 16.3. The van der Waals surface area contributed by atoms with Gasteiger partial charge in [-0.1, -0.05) is 18.2 Å². The van der Waals surface area contributed by atoms with E-state index in [0.717, 1.165) is 27.8 Å². The molecule has 0 saturated carbocycles. The maximum Gasteiger partial charge on any atom is 0.228 e. The Balaban J connectivity index is 1.51. The number of anilines is 1. The number of nitrogens with one attached hydrogen (secondary N) is 1. The zero-order chi connectivity index (χ0) is 17.2. The van der Waals surface area contributed by atoms with E-state index in [9.17, 15) is 4.79 Å². The molecule has 0 saturated heterocycles. The van der Waals surface area contributed by atoms with Gasteiger partial charge in [0.25, 0.3) is 0 Å². The summed E-state index contributed by atoms with van der Waals surface area (Å²) in [5.74, 6) is -0.114. The average Bonchev–Trinajstić information content (AvgIpc) is 3.25. The summed E-state index contributed by atoms with van der Waals surface area (Å²) in [6.45, 7) is 2.01. The summed E-state index contributed by atoms with van der Waals surface area (Å²) in [6, 6.07) is 13.3. The number of carbonyl (C=O) groups is 1. The minimum absolute atomic E-state index is 0.114. The number of tetrazole rings is 1. The summed E-state index contributed by atoms with van der Waals surface area (Å²) in [6.07, 6.45) is 3.38. The van der Waals surface area contributed by atoms with Crippen LogP contribution < -0.4 is 5.32 Å². The van der Waals surface area contributed by atoms with Gasteiger partial charge in [0.2, 0.25) is 5.91 Å². The van der Waals surface area contributed by atoms with Gasteiger partial charge in [-0.2, -0.15) is 0 Å². The van der Waals surface area contributed by atoms with E-state index < -0.39 is 0 Å². The van der Waals surface area contributed by atoms with Crippen molar-refractivity contribution >= 4 is 22.6 Å². The van der Waals surface area contributed by atoms with Crippen molar-refractivity contribution in [1.29, 1.82) is 0 Å². The van der Waals surface area contributed by atoms with Crippen molar-refractivity contribution in [3.63, 3.8) is 0 Å². The van der Waals surface area contributed by atoms with Crippen LogP contribution >= 0.6 is 0 Å². The summed E-state index contributed by atoms with van der Waals surface area (Å²) in [4.78, 5) is 12.4. The highest BCUT2D eigenvalue weighted by Gasteiger charge is 2.11. The van der Waals surface area contributed by atoms with Gasteiger partial charge in [-0.25, -0.2) is 4.68 Å². The molecule has 1 N–H and O–H groups in total. The van der Waals surface area contributed by atoms with Gasteiger partial charge in [-0.05, 0) is 47.2 Å². The van der Waals surface area contributed by atoms with E-state index in [2.05, 4.69) is 20.8 Å². The molecule has 7 nitrogen and oxygen atoms in total. The molecule has 0 radical (unpaired) electrons. The highest BCUT2D eigenvalue weighted by molar-refractivity contribution is 5.95. The van der Waals surface area contributed by atoms with E-state index in [-0.39, 0.29) is 12.3 Å². The Bertz CT molecular complexity index is 1040. The standard InChI is InChI=1S/C18H15N5O2/c1-12-5-6-16-13(10-25-17(16)7-12)8-18(24)20-14-3-2-4-15(9-14)23-11-19-21-22-23/h2-7,9-11H,8H2,1H3,(H,20,24). The normalized spacial score (nSPS) is 10.9. The molecular weight excluding hydrogens is 318 g/mol. The topological polar surface area (TPSA) is 85.8 Å². The maximum atomic E-state index is 12.4. The van der Waals surface area contributed by atoms with Gasteiger partial charge in [0.1, 0.15) is 11.9 Å². The number of rotatable bonds is 4. The first-order valence-electron chi connectivity index (χ1n) is 7.79. The van der Waals surface area contributed by atoms with Crippen LogP contribution in [0, 0.1) is 6.92 Å². The van der Waals surface area contributed by atoms with Crippen LogP contribution in [0.1, 0.15) is 11.1 Å². The third kappa shape index (κ3) is 3.12.